The number of hydrogen-bond donors (Lipinski definition) is 1. The van der Waals surface area contributed by atoms with Gasteiger partial charge < -0.3 is 9.53 Å². The van der Waals surface area contributed by atoms with Crippen LogP contribution in [0.15, 0.2) is 12.2 Å². The SMILES string of the molecule is CCCCCC=C[C@H](O[SiH2]C(C)(C)C)C(=O)C(C)C(=O)O. The third-order valence-corrected chi connectivity index (χ3v) is 4.45. The van der Waals surface area contributed by atoms with Crippen LogP contribution in [-0.2, 0) is 14.0 Å². The van der Waals surface area contributed by atoms with E-state index in [1.807, 2.05) is 6.08 Å². The van der Waals surface area contributed by atoms with E-state index in [0.717, 1.165) is 25.7 Å². The molecule has 1 N–H and O–H groups in total. The van der Waals surface area contributed by atoms with Crippen LogP contribution in [0.5, 0.6) is 0 Å². The molecule has 0 saturated heterocycles. The molecular formula is C16H30O4Si. The molecule has 0 aromatic carbocycles. The molecule has 0 saturated carbocycles. The lowest BCUT2D eigenvalue weighted by Gasteiger charge is -2.22. The van der Waals surface area contributed by atoms with Gasteiger partial charge in [0.05, 0.1) is 0 Å². The maximum Gasteiger partial charge on any atom is 0.313 e. The average molecular weight is 314 g/mol. The summed E-state index contributed by atoms with van der Waals surface area (Å²) in [4.78, 5) is 23.2. The molecule has 0 heterocycles. The van der Waals surface area contributed by atoms with Crippen molar-refractivity contribution in [3.05, 3.63) is 12.2 Å². The van der Waals surface area contributed by atoms with Crippen LogP contribution in [0.25, 0.3) is 0 Å². The maximum absolute atomic E-state index is 12.2. The molecule has 0 aliphatic rings. The topological polar surface area (TPSA) is 63.6 Å². The molecule has 2 atom stereocenters. The first kappa shape index (κ1) is 20.1. The molecule has 0 aliphatic heterocycles. The predicted octanol–water partition coefficient (Wildman–Crippen LogP) is 3.10. The Hall–Kier alpha value is -0.943. The molecule has 0 aromatic rings. The zero-order valence-electron chi connectivity index (χ0n) is 14.0. The van der Waals surface area contributed by atoms with E-state index in [9.17, 15) is 9.59 Å². The molecule has 0 rings (SSSR count). The summed E-state index contributed by atoms with van der Waals surface area (Å²) in [6.07, 6.45) is 7.29. The number of rotatable bonds is 10. The summed E-state index contributed by atoms with van der Waals surface area (Å²) in [7, 11) is -0.906. The minimum atomic E-state index is -1.09. The standard InChI is InChI=1S/C16H30O4Si/c1-6-7-8-9-10-11-13(20-21-16(3,4)5)14(17)12(2)15(18)19/h10-13H,6-9,21H2,1-5H3,(H,18,19)/t12?,13-/m0/s1. The molecule has 0 bridgehead atoms. The summed E-state index contributed by atoms with van der Waals surface area (Å²) in [5, 5.41) is 9.05. The van der Waals surface area contributed by atoms with Crippen molar-refractivity contribution in [2.24, 2.45) is 5.92 Å². The molecule has 0 amide bonds. The molecule has 4 nitrogen and oxygen atoms in total. The molecule has 21 heavy (non-hydrogen) atoms. The number of aliphatic carboxylic acids is 1. The Morgan fingerprint density at radius 1 is 1.29 bits per heavy atom. The van der Waals surface area contributed by atoms with Crippen molar-refractivity contribution in [3.8, 4) is 0 Å². The number of carbonyl (C=O) groups excluding carboxylic acids is 1. The van der Waals surface area contributed by atoms with Gasteiger partial charge in [0.2, 0.25) is 0 Å². The smallest absolute Gasteiger partial charge is 0.313 e. The Labute approximate surface area is 130 Å². The van der Waals surface area contributed by atoms with Crippen LogP contribution in [-0.4, -0.2) is 32.7 Å². The predicted molar refractivity (Wildman–Crippen MR) is 88.2 cm³/mol. The van der Waals surface area contributed by atoms with E-state index in [4.69, 9.17) is 9.53 Å². The van der Waals surface area contributed by atoms with Crippen LogP contribution in [0.4, 0.5) is 0 Å². The average Bonchev–Trinajstić information content (AvgIpc) is 2.39. The lowest BCUT2D eigenvalue weighted by atomic mass is 10.0. The second-order valence-corrected chi connectivity index (χ2v) is 9.42. The molecule has 1 unspecified atom stereocenters. The van der Waals surface area contributed by atoms with Gasteiger partial charge in [-0.05, 0) is 24.8 Å². The summed E-state index contributed by atoms with van der Waals surface area (Å²) in [5.41, 5.74) is 0. The summed E-state index contributed by atoms with van der Waals surface area (Å²) < 4.78 is 5.79. The van der Waals surface area contributed by atoms with Crippen molar-refractivity contribution in [2.45, 2.75) is 71.4 Å². The molecule has 0 radical (unpaired) electrons. The first-order valence-electron chi connectivity index (χ1n) is 7.74. The van der Waals surface area contributed by atoms with Gasteiger partial charge in [0.15, 0.2) is 15.5 Å². The molecular weight excluding hydrogens is 284 g/mol. The highest BCUT2D eigenvalue weighted by atomic mass is 28.2. The van der Waals surface area contributed by atoms with E-state index >= 15 is 0 Å². The van der Waals surface area contributed by atoms with Crippen molar-refractivity contribution in [1.29, 1.82) is 0 Å². The molecule has 0 aromatic heterocycles. The Morgan fingerprint density at radius 3 is 2.38 bits per heavy atom. The second kappa shape index (κ2) is 9.90. The van der Waals surface area contributed by atoms with Gasteiger partial charge in [0.25, 0.3) is 0 Å². The third kappa shape index (κ3) is 9.58. The minimum Gasteiger partial charge on any atom is -0.481 e. The summed E-state index contributed by atoms with van der Waals surface area (Å²) in [6, 6.07) is 0. The fraction of sp³-hybridized carbons (Fsp3) is 0.750. The van der Waals surface area contributed by atoms with Gasteiger partial charge in [-0.3, -0.25) is 9.59 Å². The van der Waals surface area contributed by atoms with E-state index in [-0.39, 0.29) is 10.8 Å². The van der Waals surface area contributed by atoms with E-state index in [1.54, 1.807) is 6.08 Å². The minimum absolute atomic E-state index is 0.0705. The lowest BCUT2D eigenvalue weighted by Crippen LogP contribution is -2.34. The number of unbranched alkanes of at least 4 members (excludes halogenated alkanes) is 3. The largest absolute Gasteiger partial charge is 0.481 e. The van der Waals surface area contributed by atoms with Crippen molar-refractivity contribution < 1.29 is 19.1 Å². The Morgan fingerprint density at radius 2 is 1.90 bits per heavy atom. The van der Waals surface area contributed by atoms with Crippen molar-refractivity contribution in [3.63, 3.8) is 0 Å². The van der Waals surface area contributed by atoms with Crippen LogP contribution in [0, 0.1) is 5.92 Å². The van der Waals surface area contributed by atoms with Gasteiger partial charge in [-0.15, -0.1) is 0 Å². The zero-order valence-corrected chi connectivity index (χ0v) is 15.4. The van der Waals surface area contributed by atoms with Crippen molar-refractivity contribution in [2.75, 3.05) is 0 Å². The number of Topliss-reactive ketones (excluding diaryl/α,β-unsaturated/α-hetero) is 1. The number of carboxylic acid groups (broad SMARTS) is 1. The Kier molecular flexibility index (Phi) is 9.45. The van der Waals surface area contributed by atoms with Crippen molar-refractivity contribution >= 4 is 21.5 Å². The molecule has 0 spiro atoms. The van der Waals surface area contributed by atoms with Crippen LogP contribution in [0.3, 0.4) is 0 Å². The van der Waals surface area contributed by atoms with Gasteiger partial charge in [-0.2, -0.15) is 0 Å². The Bertz CT molecular complexity index is 358. The van der Waals surface area contributed by atoms with Crippen LogP contribution in [0.1, 0.15) is 60.3 Å². The van der Waals surface area contributed by atoms with Gasteiger partial charge in [0.1, 0.15) is 12.0 Å². The fourth-order valence-corrected chi connectivity index (χ4v) is 2.63. The first-order chi connectivity index (χ1) is 9.69. The molecule has 0 aliphatic carbocycles. The third-order valence-electron chi connectivity index (χ3n) is 3.06. The lowest BCUT2D eigenvalue weighted by molar-refractivity contribution is -0.147. The van der Waals surface area contributed by atoms with Gasteiger partial charge >= 0.3 is 5.97 Å². The number of ketones is 1. The normalized spacial score (nSPS) is 15.7. The van der Waals surface area contributed by atoms with E-state index < -0.39 is 27.8 Å². The number of carboxylic acids is 1. The monoisotopic (exact) mass is 314 g/mol. The zero-order chi connectivity index (χ0) is 16.5. The van der Waals surface area contributed by atoms with E-state index in [2.05, 4.69) is 27.7 Å². The van der Waals surface area contributed by atoms with Gasteiger partial charge in [-0.1, -0.05) is 52.7 Å². The molecule has 0 fully saturated rings. The molecule has 122 valence electrons. The van der Waals surface area contributed by atoms with Crippen LogP contribution in [0.2, 0.25) is 5.04 Å². The highest BCUT2D eigenvalue weighted by Crippen LogP contribution is 2.21. The summed E-state index contributed by atoms with van der Waals surface area (Å²) in [5.74, 6) is -2.47. The fourth-order valence-electron chi connectivity index (χ4n) is 1.67. The van der Waals surface area contributed by atoms with E-state index in [1.165, 1.54) is 6.92 Å². The molecule has 5 heteroatoms. The van der Waals surface area contributed by atoms with E-state index in [0.29, 0.717) is 0 Å². The summed E-state index contributed by atoms with van der Waals surface area (Å²) in [6.45, 7) is 9.79. The first-order valence-corrected chi connectivity index (χ1v) is 9.02. The maximum atomic E-state index is 12.2. The number of hydrogen-bond acceptors (Lipinski definition) is 3. The van der Waals surface area contributed by atoms with Crippen LogP contribution < -0.4 is 0 Å². The quantitative estimate of drug-likeness (QED) is 0.291. The van der Waals surface area contributed by atoms with Crippen molar-refractivity contribution in [1.82, 2.24) is 0 Å². The highest BCUT2D eigenvalue weighted by molar-refractivity contribution is 6.32. The highest BCUT2D eigenvalue weighted by Gasteiger charge is 2.28. The number of allylic oxidation sites excluding steroid dienone is 1. The van der Waals surface area contributed by atoms with Gasteiger partial charge in [-0.25, -0.2) is 0 Å². The van der Waals surface area contributed by atoms with Gasteiger partial charge in [0, 0.05) is 0 Å². The summed E-state index contributed by atoms with van der Waals surface area (Å²) >= 11 is 0. The number of carbonyl (C=O) groups is 2. The Balaban J connectivity index is 4.68. The second-order valence-electron chi connectivity index (χ2n) is 6.68. The van der Waals surface area contributed by atoms with Crippen LogP contribution >= 0.6 is 0 Å².